The molecule has 2 rings (SSSR count). The molecule has 1 fully saturated rings. The highest BCUT2D eigenvalue weighted by Crippen LogP contribution is 2.28. The maximum atomic E-state index is 12.0. The van der Waals surface area contributed by atoms with Crippen LogP contribution in [-0.4, -0.2) is 40.6 Å². The molecule has 1 N–H and O–H groups in total. The lowest BCUT2D eigenvalue weighted by Crippen LogP contribution is -2.36. The number of rotatable bonds is 3. The maximum absolute atomic E-state index is 12.0. The molecule has 23 heavy (non-hydrogen) atoms. The van der Waals surface area contributed by atoms with E-state index in [0.717, 1.165) is 6.42 Å². The van der Waals surface area contributed by atoms with Gasteiger partial charge in [0.2, 0.25) is 0 Å². The molecule has 1 aliphatic heterocycles. The minimum atomic E-state index is -0.522. The molecule has 0 saturated carbocycles. The summed E-state index contributed by atoms with van der Waals surface area (Å²) in [6, 6.07) is 4.56. The minimum Gasteiger partial charge on any atom is -0.444 e. The molecule has 7 nitrogen and oxygen atoms in total. The Balaban J connectivity index is 1.94. The van der Waals surface area contributed by atoms with Crippen molar-refractivity contribution in [3.63, 3.8) is 0 Å². The zero-order chi connectivity index (χ0) is 17.2. The number of benzene rings is 1. The first kappa shape index (κ1) is 17.3. The summed E-state index contributed by atoms with van der Waals surface area (Å²) in [5, 5.41) is 14.1. The van der Waals surface area contributed by atoms with Crippen LogP contribution in [0.4, 0.5) is 16.2 Å². The van der Waals surface area contributed by atoms with Gasteiger partial charge in [-0.2, -0.15) is 0 Å². The largest absolute Gasteiger partial charge is 0.444 e. The minimum absolute atomic E-state index is 0.0556. The first-order valence-electron chi connectivity index (χ1n) is 7.34. The van der Waals surface area contributed by atoms with Gasteiger partial charge in [0.05, 0.1) is 4.92 Å². The normalized spacial score (nSPS) is 17.9. The molecule has 0 aliphatic carbocycles. The average molecular weight is 342 g/mol. The van der Waals surface area contributed by atoms with E-state index >= 15 is 0 Å². The van der Waals surface area contributed by atoms with E-state index in [-0.39, 0.29) is 22.8 Å². The summed E-state index contributed by atoms with van der Waals surface area (Å²) in [7, 11) is 0. The van der Waals surface area contributed by atoms with E-state index in [1.165, 1.54) is 12.1 Å². The summed E-state index contributed by atoms with van der Waals surface area (Å²) in [6.45, 7) is 6.61. The molecule has 0 spiro atoms. The number of amides is 1. The topological polar surface area (TPSA) is 84.7 Å². The van der Waals surface area contributed by atoms with E-state index in [1.54, 1.807) is 11.0 Å². The van der Waals surface area contributed by atoms with Gasteiger partial charge in [0.25, 0.3) is 5.69 Å². The Hall–Kier alpha value is -2.02. The molecule has 0 bridgehead atoms. The van der Waals surface area contributed by atoms with Gasteiger partial charge >= 0.3 is 6.09 Å². The van der Waals surface area contributed by atoms with E-state index in [2.05, 4.69) is 5.32 Å². The van der Waals surface area contributed by atoms with E-state index in [1.807, 2.05) is 20.8 Å². The molecular formula is C15H20ClN3O4. The van der Waals surface area contributed by atoms with Gasteiger partial charge in [0.1, 0.15) is 10.6 Å². The molecular weight excluding hydrogens is 322 g/mol. The predicted molar refractivity (Wildman–Crippen MR) is 87.9 cm³/mol. The second-order valence-electron chi connectivity index (χ2n) is 6.48. The fourth-order valence-corrected chi connectivity index (χ4v) is 2.60. The third-order valence-corrected chi connectivity index (χ3v) is 3.66. The van der Waals surface area contributed by atoms with E-state index in [9.17, 15) is 14.9 Å². The van der Waals surface area contributed by atoms with Gasteiger partial charge in [0.15, 0.2) is 0 Å². The Kier molecular flexibility index (Phi) is 4.99. The number of hydrogen-bond donors (Lipinski definition) is 1. The summed E-state index contributed by atoms with van der Waals surface area (Å²) in [5.41, 5.74) is 0.0461. The van der Waals surface area contributed by atoms with Crippen molar-refractivity contribution in [3.8, 4) is 0 Å². The average Bonchev–Trinajstić information content (AvgIpc) is 2.85. The number of nitrogens with zero attached hydrogens (tertiary/aromatic N) is 2. The summed E-state index contributed by atoms with van der Waals surface area (Å²) in [6.07, 6.45) is 0.442. The number of nitro benzene ring substituents is 1. The fourth-order valence-electron chi connectivity index (χ4n) is 2.35. The first-order valence-corrected chi connectivity index (χ1v) is 7.72. The maximum Gasteiger partial charge on any atom is 0.410 e. The van der Waals surface area contributed by atoms with Crippen LogP contribution in [0.3, 0.4) is 0 Å². The number of anilines is 1. The fraction of sp³-hybridized carbons (Fsp3) is 0.533. The zero-order valence-electron chi connectivity index (χ0n) is 13.3. The molecule has 1 heterocycles. The molecule has 1 aliphatic rings. The van der Waals surface area contributed by atoms with Crippen LogP contribution >= 0.6 is 11.6 Å². The van der Waals surface area contributed by atoms with Crippen LogP contribution in [0.2, 0.25) is 5.02 Å². The van der Waals surface area contributed by atoms with Crippen molar-refractivity contribution >= 4 is 29.1 Å². The third-order valence-electron chi connectivity index (χ3n) is 3.36. The Bertz CT molecular complexity index is 615. The highest BCUT2D eigenvalue weighted by atomic mass is 35.5. The van der Waals surface area contributed by atoms with Gasteiger partial charge in [-0.25, -0.2) is 4.79 Å². The highest BCUT2D eigenvalue weighted by molar-refractivity contribution is 6.32. The molecule has 1 saturated heterocycles. The molecule has 1 amide bonds. The van der Waals surface area contributed by atoms with E-state index in [0.29, 0.717) is 18.8 Å². The summed E-state index contributed by atoms with van der Waals surface area (Å²) < 4.78 is 5.34. The van der Waals surface area contributed by atoms with Crippen molar-refractivity contribution < 1.29 is 14.5 Å². The van der Waals surface area contributed by atoms with Crippen LogP contribution in [-0.2, 0) is 4.74 Å². The van der Waals surface area contributed by atoms with Gasteiger partial charge in [-0.15, -0.1) is 0 Å². The zero-order valence-corrected chi connectivity index (χ0v) is 14.1. The van der Waals surface area contributed by atoms with E-state index < -0.39 is 10.5 Å². The predicted octanol–water partition coefficient (Wildman–Crippen LogP) is 3.67. The van der Waals surface area contributed by atoms with E-state index in [4.69, 9.17) is 16.3 Å². The number of nitrogens with one attached hydrogen (secondary N) is 1. The molecule has 8 heteroatoms. The lowest BCUT2D eigenvalue weighted by Gasteiger charge is -2.24. The van der Waals surface area contributed by atoms with Crippen molar-refractivity contribution in [1.82, 2.24) is 4.90 Å². The molecule has 1 aromatic carbocycles. The van der Waals surface area contributed by atoms with Crippen LogP contribution in [0.1, 0.15) is 27.2 Å². The monoisotopic (exact) mass is 341 g/mol. The summed E-state index contributed by atoms with van der Waals surface area (Å²) >= 11 is 5.90. The van der Waals surface area contributed by atoms with Gasteiger partial charge in [-0.05, 0) is 39.3 Å². The molecule has 126 valence electrons. The highest BCUT2D eigenvalue weighted by Gasteiger charge is 2.29. The SMILES string of the molecule is CC(C)(C)OC(=O)N1CCC(Nc2ccc([N+](=O)[O-])c(Cl)c2)C1. The summed E-state index contributed by atoms with van der Waals surface area (Å²) in [4.78, 5) is 23.9. The number of nitro groups is 1. The Morgan fingerprint density at radius 3 is 2.74 bits per heavy atom. The Morgan fingerprint density at radius 1 is 1.48 bits per heavy atom. The van der Waals surface area contributed by atoms with Crippen molar-refractivity contribution in [3.05, 3.63) is 33.3 Å². The van der Waals surface area contributed by atoms with Crippen LogP contribution < -0.4 is 5.32 Å². The molecule has 1 unspecified atom stereocenters. The van der Waals surface area contributed by atoms with Crippen molar-refractivity contribution in [2.24, 2.45) is 0 Å². The van der Waals surface area contributed by atoms with Crippen LogP contribution in [0, 0.1) is 10.1 Å². The smallest absolute Gasteiger partial charge is 0.410 e. The molecule has 0 aromatic heterocycles. The Morgan fingerprint density at radius 2 is 2.17 bits per heavy atom. The molecule has 1 atom stereocenters. The lowest BCUT2D eigenvalue weighted by molar-refractivity contribution is -0.384. The van der Waals surface area contributed by atoms with Gasteiger partial charge in [-0.3, -0.25) is 10.1 Å². The second kappa shape index (κ2) is 6.62. The number of hydrogen-bond acceptors (Lipinski definition) is 5. The van der Waals surface area contributed by atoms with Gasteiger partial charge in [-0.1, -0.05) is 11.6 Å². The standard InChI is InChI=1S/C15H20ClN3O4/c1-15(2,3)23-14(20)18-7-6-11(9-18)17-10-4-5-13(19(21)22)12(16)8-10/h4-5,8,11,17H,6-7,9H2,1-3H3. The first-order chi connectivity index (χ1) is 10.7. The Labute approximate surface area is 139 Å². The summed E-state index contributed by atoms with van der Waals surface area (Å²) in [5.74, 6) is 0. The number of ether oxygens (including phenoxy) is 1. The van der Waals surface area contributed by atoms with Gasteiger partial charge in [0, 0.05) is 30.9 Å². The van der Waals surface area contributed by atoms with Crippen molar-refractivity contribution in [2.45, 2.75) is 38.8 Å². The van der Waals surface area contributed by atoms with Crippen molar-refractivity contribution in [2.75, 3.05) is 18.4 Å². The molecule has 0 radical (unpaired) electrons. The molecule has 1 aromatic rings. The number of carbonyl (C=O) groups is 1. The number of likely N-dealkylation sites (tertiary alicyclic amines) is 1. The van der Waals surface area contributed by atoms with Crippen LogP contribution in [0.5, 0.6) is 0 Å². The van der Waals surface area contributed by atoms with Crippen LogP contribution in [0.15, 0.2) is 18.2 Å². The number of halogens is 1. The van der Waals surface area contributed by atoms with Crippen LogP contribution in [0.25, 0.3) is 0 Å². The third kappa shape index (κ3) is 4.72. The second-order valence-corrected chi connectivity index (χ2v) is 6.89. The van der Waals surface area contributed by atoms with Gasteiger partial charge < -0.3 is 15.0 Å². The number of carbonyl (C=O) groups excluding carboxylic acids is 1. The van der Waals surface area contributed by atoms with Crippen molar-refractivity contribution in [1.29, 1.82) is 0 Å². The quantitative estimate of drug-likeness (QED) is 0.669. The lowest BCUT2D eigenvalue weighted by atomic mass is 10.2.